The third-order valence-electron chi connectivity index (χ3n) is 3.49. The third-order valence-corrected chi connectivity index (χ3v) is 3.49. The molecule has 6 heteroatoms. The molecule has 0 radical (unpaired) electrons. The smallest absolute Gasteiger partial charge is 0.311 e. The summed E-state index contributed by atoms with van der Waals surface area (Å²) in [6.07, 6.45) is -1.90. The molecule has 124 valence electrons. The Balaban J connectivity index is 2.75. The lowest BCUT2D eigenvalue weighted by Crippen LogP contribution is -2.29. The Hall–Kier alpha value is -1.79. The molecular weight excluding hydrogens is 288 g/mol. The second kappa shape index (κ2) is 8.60. The van der Waals surface area contributed by atoms with Gasteiger partial charge in [-0.1, -0.05) is 6.07 Å². The van der Waals surface area contributed by atoms with Crippen molar-refractivity contribution in [3.05, 3.63) is 23.8 Å². The van der Waals surface area contributed by atoms with E-state index in [9.17, 15) is 15.0 Å². The van der Waals surface area contributed by atoms with Crippen molar-refractivity contribution in [3.63, 3.8) is 0 Å². The number of carbonyl (C=O) groups excluding carboxylic acids is 1. The van der Waals surface area contributed by atoms with Crippen molar-refractivity contribution < 1.29 is 29.2 Å². The minimum Gasteiger partial charge on any atom is -0.493 e. The fourth-order valence-corrected chi connectivity index (χ4v) is 2.06. The van der Waals surface area contributed by atoms with Gasteiger partial charge in [0, 0.05) is 6.42 Å². The Morgan fingerprint density at radius 2 is 1.82 bits per heavy atom. The first-order valence-electron chi connectivity index (χ1n) is 7.19. The van der Waals surface area contributed by atoms with Gasteiger partial charge in [0.2, 0.25) is 0 Å². The lowest BCUT2D eigenvalue weighted by Gasteiger charge is -2.21. The van der Waals surface area contributed by atoms with Gasteiger partial charge < -0.3 is 24.4 Å². The highest BCUT2D eigenvalue weighted by Crippen LogP contribution is 2.31. The number of ether oxygens (including phenoxy) is 3. The van der Waals surface area contributed by atoms with Crippen molar-refractivity contribution in [1.82, 2.24) is 0 Å². The van der Waals surface area contributed by atoms with Gasteiger partial charge in [0.05, 0.1) is 39.0 Å². The Labute approximate surface area is 130 Å². The minimum atomic E-state index is -0.998. The summed E-state index contributed by atoms with van der Waals surface area (Å²) in [5.41, 5.74) is 0.577. The van der Waals surface area contributed by atoms with Crippen LogP contribution in [-0.2, 0) is 9.53 Å². The molecule has 0 fully saturated rings. The van der Waals surface area contributed by atoms with Gasteiger partial charge in [-0.2, -0.15) is 0 Å². The molecule has 0 amide bonds. The summed E-state index contributed by atoms with van der Waals surface area (Å²) in [6, 6.07) is 5.01. The number of hydrogen-bond acceptors (Lipinski definition) is 6. The van der Waals surface area contributed by atoms with Crippen molar-refractivity contribution in [1.29, 1.82) is 0 Å². The van der Waals surface area contributed by atoms with E-state index < -0.39 is 24.1 Å². The number of carbonyl (C=O) groups is 1. The van der Waals surface area contributed by atoms with Gasteiger partial charge in [0.15, 0.2) is 11.5 Å². The lowest BCUT2D eigenvalue weighted by atomic mass is 9.95. The molecule has 1 aromatic carbocycles. The quantitative estimate of drug-likeness (QED) is 0.711. The maximum Gasteiger partial charge on any atom is 0.311 e. The standard InChI is InChI=1S/C16H24O6/c1-5-22-16(19)10(2)12(17)9-13(18)11-6-7-14(20-3)15(8-11)21-4/h6-8,10,12-13,17-18H,5,9H2,1-4H3. The van der Waals surface area contributed by atoms with Crippen LogP contribution >= 0.6 is 0 Å². The fraction of sp³-hybridized carbons (Fsp3) is 0.562. The van der Waals surface area contributed by atoms with Gasteiger partial charge in [-0.25, -0.2) is 0 Å². The Kier molecular flexibility index (Phi) is 7.14. The summed E-state index contributed by atoms with van der Waals surface area (Å²) in [7, 11) is 3.03. The normalized spacial score (nSPS) is 14.8. The van der Waals surface area contributed by atoms with Crippen LogP contribution in [0.2, 0.25) is 0 Å². The maximum atomic E-state index is 11.6. The molecule has 0 heterocycles. The highest BCUT2D eigenvalue weighted by Gasteiger charge is 2.26. The van der Waals surface area contributed by atoms with Crippen LogP contribution < -0.4 is 9.47 Å². The zero-order chi connectivity index (χ0) is 16.7. The molecule has 0 saturated carbocycles. The number of esters is 1. The number of aliphatic hydroxyl groups excluding tert-OH is 2. The zero-order valence-corrected chi connectivity index (χ0v) is 13.4. The number of benzene rings is 1. The van der Waals surface area contributed by atoms with Crippen LogP contribution in [-0.4, -0.2) is 43.1 Å². The van der Waals surface area contributed by atoms with E-state index in [1.807, 2.05) is 0 Å². The zero-order valence-electron chi connectivity index (χ0n) is 13.4. The Bertz CT molecular complexity index is 488. The van der Waals surface area contributed by atoms with Crippen LogP contribution in [0.1, 0.15) is 31.9 Å². The van der Waals surface area contributed by atoms with Crippen molar-refractivity contribution in [2.45, 2.75) is 32.5 Å². The van der Waals surface area contributed by atoms with E-state index in [2.05, 4.69) is 0 Å². The van der Waals surface area contributed by atoms with Crippen LogP contribution in [0.15, 0.2) is 18.2 Å². The highest BCUT2D eigenvalue weighted by atomic mass is 16.5. The lowest BCUT2D eigenvalue weighted by molar-refractivity contribution is -0.151. The molecule has 0 aliphatic carbocycles. The van der Waals surface area contributed by atoms with Crippen molar-refractivity contribution in [2.75, 3.05) is 20.8 Å². The minimum absolute atomic E-state index is 0.0233. The molecule has 3 atom stereocenters. The molecule has 6 nitrogen and oxygen atoms in total. The predicted molar refractivity (Wildman–Crippen MR) is 80.9 cm³/mol. The fourth-order valence-electron chi connectivity index (χ4n) is 2.06. The van der Waals surface area contributed by atoms with Gasteiger partial charge in [0.25, 0.3) is 0 Å². The van der Waals surface area contributed by atoms with E-state index in [-0.39, 0.29) is 13.0 Å². The summed E-state index contributed by atoms with van der Waals surface area (Å²) in [6.45, 7) is 3.54. The average molecular weight is 312 g/mol. The Morgan fingerprint density at radius 3 is 2.36 bits per heavy atom. The first-order valence-corrected chi connectivity index (χ1v) is 7.19. The number of rotatable bonds is 8. The number of hydrogen-bond donors (Lipinski definition) is 2. The van der Waals surface area contributed by atoms with Crippen LogP contribution in [0.5, 0.6) is 11.5 Å². The van der Waals surface area contributed by atoms with E-state index >= 15 is 0 Å². The second-order valence-corrected chi connectivity index (χ2v) is 4.97. The van der Waals surface area contributed by atoms with Crippen LogP contribution in [0.4, 0.5) is 0 Å². The van der Waals surface area contributed by atoms with E-state index in [1.165, 1.54) is 14.2 Å². The maximum absolute atomic E-state index is 11.6. The summed E-state index contributed by atoms with van der Waals surface area (Å²) < 4.78 is 15.2. The SMILES string of the molecule is CCOC(=O)C(C)C(O)CC(O)c1ccc(OC)c(OC)c1. The van der Waals surface area contributed by atoms with Gasteiger partial charge in [-0.05, 0) is 31.5 Å². The van der Waals surface area contributed by atoms with Crippen LogP contribution in [0.3, 0.4) is 0 Å². The van der Waals surface area contributed by atoms with Gasteiger partial charge in [-0.15, -0.1) is 0 Å². The van der Waals surface area contributed by atoms with E-state index in [0.29, 0.717) is 17.1 Å². The molecule has 2 N–H and O–H groups in total. The largest absolute Gasteiger partial charge is 0.493 e. The van der Waals surface area contributed by atoms with Crippen molar-refractivity contribution in [3.8, 4) is 11.5 Å². The molecule has 22 heavy (non-hydrogen) atoms. The molecule has 0 saturated heterocycles. The monoisotopic (exact) mass is 312 g/mol. The molecular formula is C16H24O6. The average Bonchev–Trinajstić information content (AvgIpc) is 2.53. The van der Waals surface area contributed by atoms with Crippen molar-refractivity contribution in [2.24, 2.45) is 5.92 Å². The molecule has 1 rings (SSSR count). The number of methoxy groups -OCH3 is 2. The van der Waals surface area contributed by atoms with Crippen molar-refractivity contribution >= 4 is 5.97 Å². The van der Waals surface area contributed by atoms with Crippen LogP contribution in [0.25, 0.3) is 0 Å². The summed E-state index contributed by atoms with van der Waals surface area (Å²) >= 11 is 0. The molecule has 1 aromatic rings. The Morgan fingerprint density at radius 1 is 1.18 bits per heavy atom. The summed E-state index contributed by atoms with van der Waals surface area (Å²) in [5.74, 6) is -0.130. The topological polar surface area (TPSA) is 85.2 Å². The molecule has 0 spiro atoms. The molecule has 0 aliphatic rings. The molecule has 0 aliphatic heterocycles. The molecule has 3 unspecified atom stereocenters. The first kappa shape index (κ1) is 18.3. The number of aliphatic hydroxyl groups is 2. The van der Waals surface area contributed by atoms with E-state index in [0.717, 1.165) is 0 Å². The summed E-state index contributed by atoms with van der Waals surface area (Å²) in [5, 5.41) is 20.3. The summed E-state index contributed by atoms with van der Waals surface area (Å²) in [4.78, 5) is 11.6. The van der Waals surface area contributed by atoms with Gasteiger partial charge >= 0.3 is 5.97 Å². The van der Waals surface area contributed by atoms with E-state index in [4.69, 9.17) is 14.2 Å². The van der Waals surface area contributed by atoms with Gasteiger partial charge in [0.1, 0.15) is 0 Å². The molecule has 0 bridgehead atoms. The molecule has 0 aromatic heterocycles. The van der Waals surface area contributed by atoms with Crippen LogP contribution in [0, 0.1) is 5.92 Å². The predicted octanol–water partition coefficient (Wildman–Crippen LogP) is 1.69. The third kappa shape index (κ3) is 4.61. The van der Waals surface area contributed by atoms with Gasteiger partial charge in [-0.3, -0.25) is 4.79 Å². The van der Waals surface area contributed by atoms with E-state index in [1.54, 1.807) is 32.0 Å². The highest BCUT2D eigenvalue weighted by molar-refractivity contribution is 5.72. The second-order valence-electron chi connectivity index (χ2n) is 4.97. The first-order chi connectivity index (χ1) is 10.4.